The third kappa shape index (κ3) is 2.43. The smallest absolute Gasteiger partial charge is 0.105 e. The second-order valence-electron chi connectivity index (χ2n) is 4.72. The van der Waals surface area contributed by atoms with Gasteiger partial charge in [-0.3, -0.25) is 0 Å². The number of aliphatic hydroxyl groups is 1. The average molecular weight is 261 g/mol. The maximum Gasteiger partial charge on any atom is 0.105 e. The normalized spacial score (nSPS) is 12.5. The van der Waals surface area contributed by atoms with Gasteiger partial charge in [-0.2, -0.15) is 0 Å². The predicted octanol–water partition coefficient (Wildman–Crippen LogP) is 4.35. The summed E-state index contributed by atoms with van der Waals surface area (Å²) in [6.45, 7) is 5.94. The number of hydrogen-bond donors (Lipinski definition) is 1. The lowest BCUT2D eigenvalue weighted by Crippen LogP contribution is -2.04. The second-order valence-corrected chi connectivity index (χ2v) is 5.12. The Hall–Kier alpha value is -1.31. The molecular formula is C16H17ClO. The molecule has 2 aromatic carbocycles. The van der Waals surface area contributed by atoms with Crippen molar-refractivity contribution in [1.29, 1.82) is 0 Å². The fourth-order valence-electron chi connectivity index (χ4n) is 2.16. The number of aliphatic hydroxyl groups excluding tert-OH is 1. The van der Waals surface area contributed by atoms with Crippen molar-refractivity contribution in [2.75, 3.05) is 0 Å². The van der Waals surface area contributed by atoms with Crippen molar-refractivity contribution in [2.24, 2.45) is 0 Å². The molecule has 0 bridgehead atoms. The van der Waals surface area contributed by atoms with Gasteiger partial charge in [-0.05, 0) is 54.7 Å². The van der Waals surface area contributed by atoms with Crippen molar-refractivity contribution in [1.82, 2.24) is 0 Å². The van der Waals surface area contributed by atoms with Crippen LogP contribution < -0.4 is 0 Å². The Morgan fingerprint density at radius 1 is 0.889 bits per heavy atom. The van der Waals surface area contributed by atoms with E-state index in [0.717, 1.165) is 32.8 Å². The quantitative estimate of drug-likeness (QED) is 0.851. The van der Waals surface area contributed by atoms with Crippen LogP contribution in [0.2, 0.25) is 5.02 Å². The van der Waals surface area contributed by atoms with Crippen LogP contribution in [0.5, 0.6) is 0 Å². The molecule has 2 heteroatoms. The SMILES string of the molecule is Cc1cc(C(O)c2ccccc2C)c(C)cc1Cl. The van der Waals surface area contributed by atoms with Crippen LogP contribution in [0.4, 0.5) is 0 Å². The lowest BCUT2D eigenvalue weighted by atomic mass is 9.93. The number of benzene rings is 2. The van der Waals surface area contributed by atoms with Gasteiger partial charge in [-0.15, -0.1) is 0 Å². The third-order valence-corrected chi connectivity index (χ3v) is 3.73. The molecule has 0 radical (unpaired) electrons. The van der Waals surface area contributed by atoms with Crippen molar-refractivity contribution in [2.45, 2.75) is 26.9 Å². The molecule has 0 fully saturated rings. The predicted molar refractivity (Wildman–Crippen MR) is 76.2 cm³/mol. The molecule has 0 saturated carbocycles. The minimum absolute atomic E-state index is 0.595. The van der Waals surface area contributed by atoms with Crippen LogP contribution in [-0.4, -0.2) is 5.11 Å². The van der Waals surface area contributed by atoms with Gasteiger partial charge < -0.3 is 5.11 Å². The molecule has 2 rings (SSSR count). The van der Waals surface area contributed by atoms with E-state index in [0.29, 0.717) is 0 Å². The van der Waals surface area contributed by atoms with Gasteiger partial charge in [0.15, 0.2) is 0 Å². The van der Waals surface area contributed by atoms with Crippen LogP contribution in [0.3, 0.4) is 0 Å². The molecule has 0 heterocycles. The summed E-state index contributed by atoms with van der Waals surface area (Å²) in [5.74, 6) is 0. The van der Waals surface area contributed by atoms with Crippen LogP contribution in [-0.2, 0) is 0 Å². The highest BCUT2D eigenvalue weighted by molar-refractivity contribution is 6.31. The van der Waals surface area contributed by atoms with E-state index < -0.39 is 6.10 Å². The maximum absolute atomic E-state index is 10.5. The summed E-state index contributed by atoms with van der Waals surface area (Å²) in [7, 11) is 0. The van der Waals surface area contributed by atoms with Crippen molar-refractivity contribution >= 4 is 11.6 Å². The zero-order valence-electron chi connectivity index (χ0n) is 10.9. The Balaban J connectivity index is 2.50. The first-order valence-electron chi connectivity index (χ1n) is 6.01. The summed E-state index contributed by atoms with van der Waals surface area (Å²) in [6.07, 6.45) is -0.595. The first-order chi connectivity index (χ1) is 8.50. The minimum Gasteiger partial charge on any atom is -0.384 e. The highest BCUT2D eigenvalue weighted by Gasteiger charge is 2.15. The minimum atomic E-state index is -0.595. The van der Waals surface area contributed by atoms with Crippen LogP contribution in [0.15, 0.2) is 36.4 Å². The fourth-order valence-corrected chi connectivity index (χ4v) is 2.38. The van der Waals surface area contributed by atoms with E-state index in [1.165, 1.54) is 0 Å². The molecule has 0 saturated heterocycles. The van der Waals surface area contributed by atoms with Crippen molar-refractivity contribution < 1.29 is 5.11 Å². The number of rotatable bonds is 2. The molecule has 1 nitrogen and oxygen atoms in total. The van der Waals surface area contributed by atoms with Gasteiger partial charge in [0.05, 0.1) is 0 Å². The molecule has 1 N–H and O–H groups in total. The van der Waals surface area contributed by atoms with E-state index >= 15 is 0 Å². The van der Waals surface area contributed by atoms with E-state index in [9.17, 15) is 5.11 Å². The van der Waals surface area contributed by atoms with Crippen molar-refractivity contribution in [3.05, 3.63) is 69.2 Å². The highest BCUT2D eigenvalue weighted by Crippen LogP contribution is 2.30. The van der Waals surface area contributed by atoms with Gasteiger partial charge in [0.1, 0.15) is 6.10 Å². The van der Waals surface area contributed by atoms with Gasteiger partial charge in [-0.1, -0.05) is 41.9 Å². The van der Waals surface area contributed by atoms with Crippen LogP contribution in [0.1, 0.15) is 33.9 Å². The molecule has 0 aliphatic rings. The number of halogens is 1. The second kappa shape index (κ2) is 5.13. The monoisotopic (exact) mass is 260 g/mol. The highest BCUT2D eigenvalue weighted by atomic mass is 35.5. The molecular weight excluding hydrogens is 244 g/mol. The summed E-state index contributed by atoms with van der Waals surface area (Å²) in [5, 5.41) is 11.3. The van der Waals surface area contributed by atoms with Crippen molar-refractivity contribution in [3.63, 3.8) is 0 Å². The lowest BCUT2D eigenvalue weighted by molar-refractivity contribution is 0.218. The maximum atomic E-state index is 10.5. The van der Waals surface area contributed by atoms with Crippen LogP contribution in [0.25, 0.3) is 0 Å². The van der Waals surface area contributed by atoms with Gasteiger partial charge in [0, 0.05) is 5.02 Å². The van der Waals surface area contributed by atoms with Gasteiger partial charge in [-0.25, -0.2) is 0 Å². The lowest BCUT2D eigenvalue weighted by Gasteiger charge is -2.17. The standard InChI is InChI=1S/C16H17ClO/c1-10-6-4-5-7-13(10)16(18)14-8-12(3)15(17)9-11(14)2/h4-9,16,18H,1-3H3. The molecule has 18 heavy (non-hydrogen) atoms. The molecule has 94 valence electrons. The van der Waals surface area contributed by atoms with E-state index in [4.69, 9.17) is 11.6 Å². The fraction of sp³-hybridized carbons (Fsp3) is 0.250. The largest absolute Gasteiger partial charge is 0.384 e. The van der Waals surface area contributed by atoms with Crippen LogP contribution in [0, 0.1) is 20.8 Å². The Morgan fingerprint density at radius 2 is 1.56 bits per heavy atom. The first kappa shape index (κ1) is 13.1. The number of hydrogen-bond acceptors (Lipinski definition) is 1. The average Bonchev–Trinajstić information content (AvgIpc) is 2.33. The molecule has 1 unspecified atom stereocenters. The molecule has 0 spiro atoms. The Bertz CT molecular complexity index is 575. The summed E-state index contributed by atoms with van der Waals surface area (Å²) >= 11 is 6.09. The molecule has 0 aromatic heterocycles. The van der Waals surface area contributed by atoms with Crippen molar-refractivity contribution in [3.8, 4) is 0 Å². The Kier molecular flexibility index (Phi) is 3.74. The van der Waals surface area contributed by atoms with E-state index in [2.05, 4.69) is 0 Å². The van der Waals surface area contributed by atoms with E-state index in [1.54, 1.807) is 0 Å². The van der Waals surface area contributed by atoms with Crippen LogP contribution >= 0.6 is 11.6 Å². The van der Waals surface area contributed by atoms with Gasteiger partial charge in [0.2, 0.25) is 0 Å². The zero-order valence-corrected chi connectivity index (χ0v) is 11.6. The van der Waals surface area contributed by atoms with Gasteiger partial charge in [0.25, 0.3) is 0 Å². The molecule has 0 aliphatic heterocycles. The Morgan fingerprint density at radius 3 is 2.22 bits per heavy atom. The topological polar surface area (TPSA) is 20.2 Å². The molecule has 2 aromatic rings. The first-order valence-corrected chi connectivity index (χ1v) is 6.38. The summed E-state index contributed by atoms with van der Waals surface area (Å²) < 4.78 is 0. The van der Waals surface area contributed by atoms with E-state index in [-0.39, 0.29) is 0 Å². The molecule has 0 amide bonds. The summed E-state index contributed by atoms with van der Waals surface area (Å²) in [4.78, 5) is 0. The van der Waals surface area contributed by atoms with E-state index in [1.807, 2.05) is 57.2 Å². The third-order valence-electron chi connectivity index (χ3n) is 3.32. The number of aryl methyl sites for hydroxylation is 3. The van der Waals surface area contributed by atoms with Gasteiger partial charge >= 0.3 is 0 Å². The summed E-state index contributed by atoms with van der Waals surface area (Å²) in [5.41, 5.74) is 4.97. The molecule has 0 aliphatic carbocycles. The molecule has 1 atom stereocenters. The zero-order chi connectivity index (χ0) is 13.3. The Labute approximate surface area is 113 Å². The summed E-state index contributed by atoms with van der Waals surface area (Å²) in [6, 6.07) is 11.8.